The van der Waals surface area contributed by atoms with Crippen molar-refractivity contribution in [2.45, 2.75) is 6.92 Å². The lowest BCUT2D eigenvalue weighted by Crippen LogP contribution is -1.79. The van der Waals surface area contributed by atoms with E-state index in [1.54, 1.807) is 12.3 Å². The van der Waals surface area contributed by atoms with E-state index in [2.05, 4.69) is 17.3 Å². The first-order valence-electron chi connectivity index (χ1n) is 3.26. The maximum atomic E-state index is 8.85. The summed E-state index contributed by atoms with van der Waals surface area (Å²) in [5.41, 5.74) is 4.60. The summed E-state index contributed by atoms with van der Waals surface area (Å²) in [6.07, 6.45) is 1.59. The van der Waals surface area contributed by atoms with Crippen LogP contribution in [0.15, 0.2) is 30.6 Å². The topological polar surface area (TPSA) is 33.1 Å². The van der Waals surface area contributed by atoms with Gasteiger partial charge in [0.05, 0.1) is 0 Å². The molecule has 11 heavy (non-hydrogen) atoms. The van der Waals surface area contributed by atoms with Crippen molar-refractivity contribution in [2.75, 3.05) is 0 Å². The van der Waals surface area contributed by atoms with Crippen LogP contribution in [0, 0.1) is 0 Å². The van der Waals surface area contributed by atoms with Crippen LogP contribution in [0.5, 0.6) is 5.88 Å². The molecule has 0 spiro atoms. The van der Waals surface area contributed by atoms with Gasteiger partial charge in [0.2, 0.25) is 5.88 Å². The second-order valence-corrected chi connectivity index (χ2v) is 2.21. The van der Waals surface area contributed by atoms with Gasteiger partial charge in [0, 0.05) is 17.8 Å². The van der Waals surface area contributed by atoms with Gasteiger partial charge < -0.3 is 5.11 Å². The van der Waals surface area contributed by atoms with Crippen LogP contribution in [0.3, 0.4) is 0 Å². The molecule has 0 atom stereocenters. The van der Waals surface area contributed by atoms with E-state index in [0.717, 1.165) is 11.1 Å². The molecule has 56 valence electrons. The number of hydrogen-bond donors (Lipinski definition) is 1. The second kappa shape index (κ2) is 3.04. The third-order valence-electron chi connectivity index (χ3n) is 1.45. The van der Waals surface area contributed by atoms with Crippen molar-refractivity contribution in [1.29, 1.82) is 0 Å². The second-order valence-electron chi connectivity index (χ2n) is 2.21. The predicted octanol–water partition coefficient (Wildman–Crippen LogP) is 1.98. The molecule has 1 N–H and O–H groups in total. The van der Waals surface area contributed by atoms with Crippen LogP contribution in [-0.4, -0.2) is 10.1 Å². The van der Waals surface area contributed by atoms with Gasteiger partial charge >= 0.3 is 0 Å². The molecule has 0 saturated carbocycles. The van der Waals surface area contributed by atoms with Gasteiger partial charge in [-0.2, -0.15) is 0 Å². The van der Waals surface area contributed by atoms with Crippen molar-refractivity contribution in [3.63, 3.8) is 0 Å². The zero-order chi connectivity index (χ0) is 8.27. The van der Waals surface area contributed by atoms with Gasteiger partial charge in [-0.1, -0.05) is 6.58 Å². The van der Waals surface area contributed by atoms with Crippen molar-refractivity contribution in [2.24, 2.45) is 0 Å². The van der Waals surface area contributed by atoms with Gasteiger partial charge in [-0.15, -0.1) is 5.73 Å². The minimum absolute atomic E-state index is 0.0330. The molecule has 1 aromatic rings. The fourth-order valence-corrected chi connectivity index (χ4v) is 0.710. The number of rotatable bonds is 1. The summed E-state index contributed by atoms with van der Waals surface area (Å²) >= 11 is 0. The molecule has 2 heteroatoms. The van der Waals surface area contributed by atoms with Crippen molar-refractivity contribution in [1.82, 2.24) is 4.98 Å². The highest BCUT2D eigenvalue weighted by Crippen LogP contribution is 2.12. The lowest BCUT2D eigenvalue weighted by molar-refractivity contribution is 0.453. The molecule has 0 saturated heterocycles. The minimum atomic E-state index is 0.0330. The largest absolute Gasteiger partial charge is 0.493 e. The van der Waals surface area contributed by atoms with Crippen molar-refractivity contribution >= 4 is 5.57 Å². The molecular formula is C9H9NO. The van der Waals surface area contributed by atoms with Crippen molar-refractivity contribution in [3.8, 4) is 5.88 Å². The Kier molecular flexibility index (Phi) is 2.09. The summed E-state index contributed by atoms with van der Waals surface area (Å²) in [5, 5.41) is 8.85. The maximum absolute atomic E-state index is 8.85. The molecule has 0 fully saturated rings. The highest BCUT2D eigenvalue weighted by molar-refractivity contribution is 5.61. The average Bonchev–Trinajstić information content (AvgIpc) is 2.05. The van der Waals surface area contributed by atoms with E-state index >= 15 is 0 Å². The Morgan fingerprint density at radius 3 is 2.82 bits per heavy atom. The van der Waals surface area contributed by atoms with Gasteiger partial charge in [0.15, 0.2) is 0 Å². The zero-order valence-electron chi connectivity index (χ0n) is 6.33. The molecule has 1 heterocycles. The van der Waals surface area contributed by atoms with E-state index in [0.29, 0.717) is 0 Å². The molecule has 1 rings (SSSR count). The summed E-state index contributed by atoms with van der Waals surface area (Å²) in [4.78, 5) is 3.72. The molecule has 0 bridgehead atoms. The van der Waals surface area contributed by atoms with Crippen LogP contribution in [0.25, 0.3) is 5.57 Å². The summed E-state index contributed by atoms with van der Waals surface area (Å²) in [6.45, 7) is 5.40. The highest BCUT2D eigenvalue weighted by Gasteiger charge is 1.93. The molecule has 0 aliphatic carbocycles. The van der Waals surface area contributed by atoms with E-state index in [1.165, 1.54) is 6.07 Å². The zero-order valence-corrected chi connectivity index (χ0v) is 6.33. The highest BCUT2D eigenvalue weighted by atomic mass is 16.3. The van der Waals surface area contributed by atoms with E-state index in [4.69, 9.17) is 5.11 Å². The quantitative estimate of drug-likeness (QED) is 0.616. The number of aromatic nitrogens is 1. The van der Waals surface area contributed by atoms with Crippen LogP contribution in [0.2, 0.25) is 0 Å². The SMILES string of the molecule is C=C=C(C)c1ccc(O)nc1. The minimum Gasteiger partial charge on any atom is -0.493 e. The number of hydrogen-bond acceptors (Lipinski definition) is 2. The summed E-state index contributed by atoms with van der Waals surface area (Å²) in [5.74, 6) is 0.0330. The third-order valence-corrected chi connectivity index (χ3v) is 1.45. The van der Waals surface area contributed by atoms with E-state index in [-0.39, 0.29) is 5.88 Å². The summed E-state index contributed by atoms with van der Waals surface area (Å²) in [6, 6.07) is 3.31. The number of pyridine rings is 1. The molecule has 0 aliphatic heterocycles. The normalized spacial score (nSPS) is 8.82. The first-order chi connectivity index (χ1) is 5.24. The number of allylic oxidation sites excluding steroid dienone is 1. The van der Waals surface area contributed by atoms with Crippen LogP contribution in [0.1, 0.15) is 12.5 Å². The van der Waals surface area contributed by atoms with E-state index in [1.807, 2.05) is 6.92 Å². The Morgan fingerprint density at radius 2 is 2.36 bits per heavy atom. The first-order valence-corrected chi connectivity index (χ1v) is 3.26. The molecule has 0 aliphatic rings. The Hall–Kier alpha value is -1.53. The Morgan fingerprint density at radius 1 is 1.64 bits per heavy atom. The summed E-state index contributed by atoms with van der Waals surface area (Å²) in [7, 11) is 0. The maximum Gasteiger partial charge on any atom is 0.210 e. The van der Waals surface area contributed by atoms with Crippen LogP contribution < -0.4 is 0 Å². The molecule has 0 amide bonds. The van der Waals surface area contributed by atoms with Gasteiger partial charge in [-0.25, -0.2) is 4.98 Å². The molecule has 0 radical (unpaired) electrons. The Labute approximate surface area is 65.5 Å². The smallest absolute Gasteiger partial charge is 0.210 e. The fourth-order valence-electron chi connectivity index (χ4n) is 0.710. The van der Waals surface area contributed by atoms with Gasteiger partial charge in [0.1, 0.15) is 0 Å². The number of nitrogens with zero attached hydrogens (tertiary/aromatic N) is 1. The standard InChI is InChI=1S/C9H9NO/c1-3-7(2)8-4-5-9(11)10-6-8/h4-6H,1H2,2H3,(H,10,11). The lowest BCUT2D eigenvalue weighted by Gasteiger charge is -1.96. The molecule has 0 unspecified atom stereocenters. The lowest BCUT2D eigenvalue weighted by atomic mass is 10.1. The first kappa shape index (κ1) is 7.58. The average molecular weight is 147 g/mol. The number of aromatic hydroxyl groups is 1. The van der Waals surface area contributed by atoms with E-state index in [9.17, 15) is 0 Å². The van der Waals surface area contributed by atoms with Crippen LogP contribution >= 0.6 is 0 Å². The van der Waals surface area contributed by atoms with Crippen molar-refractivity contribution in [3.05, 3.63) is 36.2 Å². The third kappa shape index (κ3) is 1.69. The predicted molar refractivity (Wildman–Crippen MR) is 44.1 cm³/mol. The molecule has 0 aromatic carbocycles. The van der Waals surface area contributed by atoms with Gasteiger partial charge in [-0.05, 0) is 18.6 Å². The molecule has 1 aromatic heterocycles. The Bertz CT molecular complexity index is 294. The molecule has 2 nitrogen and oxygen atoms in total. The van der Waals surface area contributed by atoms with Gasteiger partial charge in [0.25, 0.3) is 0 Å². The fraction of sp³-hybridized carbons (Fsp3) is 0.111. The Balaban J connectivity index is 3.08. The van der Waals surface area contributed by atoms with Crippen LogP contribution in [0.4, 0.5) is 0 Å². The van der Waals surface area contributed by atoms with Crippen molar-refractivity contribution < 1.29 is 5.11 Å². The summed E-state index contributed by atoms with van der Waals surface area (Å²) < 4.78 is 0. The van der Waals surface area contributed by atoms with Crippen LogP contribution in [-0.2, 0) is 0 Å². The monoisotopic (exact) mass is 147 g/mol. The van der Waals surface area contributed by atoms with E-state index < -0.39 is 0 Å². The van der Waals surface area contributed by atoms with Gasteiger partial charge in [-0.3, -0.25) is 0 Å². The molecular weight excluding hydrogens is 138 g/mol.